The molecule has 0 unspecified atom stereocenters. The number of carboxylic acid groups (broad SMARTS) is 1. The van der Waals surface area contributed by atoms with Crippen molar-refractivity contribution in [2.75, 3.05) is 49.1 Å². The fourth-order valence-corrected chi connectivity index (χ4v) is 10.9. The van der Waals surface area contributed by atoms with E-state index in [9.17, 15) is 19.6 Å². The predicted octanol–water partition coefficient (Wildman–Crippen LogP) is 7.05. The van der Waals surface area contributed by atoms with Crippen LogP contribution in [0, 0.1) is 39.7 Å². The largest absolute Gasteiger partial charge is 0.488 e. The number of amides is 4. The number of hydrogen-bond donors (Lipinski definition) is 3. The zero-order chi connectivity index (χ0) is 46.2. The van der Waals surface area contributed by atoms with Crippen LogP contribution in [0.2, 0.25) is 0 Å². The van der Waals surface area contributed by atoms with Crippen LogP contribution < -0.4 is 25.2 Å². The van der Waals surface area contributed by atoms with Gasteiger partial charge in [0, 0.05) is 85.1 Å². The Balaban J connectivity index is 0.00000187. The van der Waals surface area contributed by atoms with Gasteiger partial charge in [-0.05, 0) is 80.1 Å². The number of benzene rings is 3. The molecule has 4 aliphatic rings. The summed E-state index contributed by atoms with van der Waals surface area (Å²) in [7, 11) is 0. The third-order valence-electron chi connectivity index (χ3n) is 13.8. The van der Waals surface area contributed by atoms with Crippen molar-refractivity contribution >= 4 is 57.5 Å². The minimum absolute atomic E-state index is 0.0715. The summed E-state index contributed by atoms with van der Waals surface area (Å²) >= 11 is 0. The molecule has 1 saturated carbocycles. The number of likely N-dealkylation sites (tertiary alicyclic amines) is 1. The van der Waals surface area contributed by atoms with Crippen molar-refractivity contribution in [2.24, 2.45) is 16.7 Å². The summed E-state index contributed by atoms with van der Waals surface area (Å²) in [6.07, 6.45) is 6.82. The van der Waals surface area contributed by atoms with Crippen molar-refractivity contribution in [3.05, 3.63) is 89.8 Å². The Bertz CT molecular complexity index is 2640. The van der Waals surface area contributed by atoms with Crippen molar-refractivity contribution in [3.63, 3.8) is 0 Å². The molecule has 5 aromatic rings. The first kappa shape index (κ1) is 44.9. The number of fused-ring (bicyclic) bond motifs is 2. The van der Waals surface area contributed by atoms with Gasteiger partial charge in [0.15, 0.2) is 0 Å². The van der Waals surface area contributed by atoms with E-state index in [1.54, 1.807) is 34.2 Å². The number of nitrogens with one attached hydrogen (secondary N) is 2. The zero-order valence-corrected chi connectivity index (χ0v) is 36.9. The third kappa shape index (κ3) is 8.54. The van der Waals surface area contributed by atoms with Gasteiger partial charge in [0.05, 0.1) is 34.5 Å². The number of rotatable bonds is 9. The van der Waals surface area contributed by atoms with Crippen LogP contribution in [0.4, 0.5) is 25.0 Å². The molecule has 0 spiro atoms. The average molecular weight is 890 g/mol. The Morgan fingerprint density at radius 3 is 2.32 bits per heavy atom. The summed E-state index contributed by atoms with van der Waals surface area (Å²) in [6.45, 7) is 11.8. The number of piperidine rings is 2. The van der Waals surface area contributed by atoms with Crippen molar-refractivity contribution < 1.29 is 37.8 Å². The van der Waals surface area contributed by atoms with Crippen LogP contribution in [-0.4, -0.2) is 101 Å². The van der Waals surface area contributed by atoms with Crippen molar-refractivity contribution in [2.45, 2.75) is 78.0 Å². The highest BCUT2D eigenvalue weighted by Crippen LogP contribution is 2.56. The SMILES string of the molecule is CC1(C)C(NC(=O)c2cc(F)c(N3CCC(CN4CCC(n5ncc6c(N7CCC(=O)NC7=O)cccc65)CC4)CC3)c(F)c2)C(C)(C)C1Oc1ccc(C#N)c2ncccc12.O=CO. The van der Waals surface area contributed by atoms with E-state index in [0.717, 1.165) is 79.4 Å². The molecule has 15 nitrogen and oxygen atoms in total. The predicted molar refractivity (Wildman–Crippen MR) is 240 cm³/mol. The van der Waals surface area contributed by atoms with Gasteiger partial charge in [-0.2, -0.15) is 10.4 Å². The molecule has 2 aromatic heterocycles. The molecule has 17 heteroatoms. The van der Waals surface area contributed by atoms with Crippen molar-refractivity contribution in [1.29, 1.82) is 5.26 Å². The zero-order valence-electron chi connectivity index (χ0n) is 36.9. The van der Waals surface area contributed by atoms with E-state index in [1.807, 2.05) is 58.2 Å². The molecule has 65 heavy (non-hydrogen) atoms. The molecule has 0 bridgehead atoms. The molecule has 3 aromatic carbocycles. The second kappa shape index (κ2) is 18.1. The molecule has 1 aliphatic carbocycles. The second-order valence-corrected chi connectivity index (χ2v) is 18.6. The molecule has 3 N–H and O–H groups in total. The standard InChI is InChI=1S/C47H51F2N9O4.CH2O2/c1-46(2)43(47(3,4)44(46)62-38-11-10-29(25-50)40-32(38)7-6-17-51-40)54-42(60)30-23-34(48)41(35(49)24-30)56-20-12-28(13-21-56)27-55-18-14-31(15-19-55)58-37-9-5-8-36(33(37)26-52-58)57-22-16-39(59)53-45(57)61;2-1-3/h5-11,17,23-24,26,28,31,43-44H,12-16,18-22,27H2,1-4H3,(H,54,60)(H,53,59,61);1H,(H,2,3). The van der Waals surface area contributed by atoms with Gasteiger partial charge in [-0.1, -0.05) is 33.8 Å². The fraction of sp³-hybridized carbons (Fsp3) is 0.438. The number of hydrogen-bond acceptors (Lipinski definition) is 10. The molecule has 3 aliphatic heterocycles. The first-order valence-electron chi connectivity index (χ1n) is 22.0. The first-order valence-corrected chi connectivity index (χ1v) is 22.0. The van der Waals surface area contributed by atoms with Crippen LogP contribution in [0.5, 0.6) is 5.75 Å². The van der Waals surface area contributed by atoms with Gasteiger partial charge in [-0.3, -0.25) is 34.3 Å². The van der Waals surface area contributed by atoms with E-state index >= 15 is 8.78 Å². The monoisotopic (exact) mass is 889 g/mol. The highest BCUT2D eigenvalue weighted by Gasteiger charge is 2.64. The van der Waals surface area contributed by atoms with Crippen LogP contribution in [0.25, 0.3) is 21.8 Å². The molecule has 4 fully saturated rings. The molecule has 9 rings (SSSR count). The lowest BCUT2D eigenvalue weighted by Crippen LogP contribution is -2.74. The molecule has 5 heterocycles. The molecule has 4 amide bonds. The van der Waals surface area contributed by atoms with E-state index in [2.05, 4.69) is 31.3 Å². The number of imide groups is 1. The number of aromatic nitrogens is 3. The Morgan fingerprint density at radius 2 is 1.66 bits per heavy atom. The first-order chi connectivity index (χ1) is 31.2. The molecular weight excluding hydrogens is 837 g/mol. The van der Waals surface area contributed by atoms with Gasteiger partial charge >= 0.3 is 6.03 Å². The summed E-state index contributed by atoms with van der Waals surface area (Å²) in [5.74, 6) is -1.33. The maximum absolute atomic E-state index is 15.8. The van der Waals surface area contributed by atoms with E-state index < -0.39 is 34.4 Å². The quantitative estimate of drug-likeness (QED) is 0.129. The third-order valence-corrected chi connectivity index (χ3v) is 13.8. The van der Waals surface area contributed by atoms with E-state index in [0.29, 0.717) is 42.4 Å². The van der Waals surface area contributed by atoms with Crippen LogP contribution in [0.1, 0.15) is 81.8 Å². The lowest BCUT2D eigenvalue weighted by Gasteiger charge is -2.63. The summed E-state index contributed by atoms with van der Waals surface area (Å²) in [5.41, 5.74) is 1.47. The lowest BCUT2D eigenvalue weighted by atomic mass is 9.49. The number of carbonyl (C=O) groups excluding carboxylic acids is 3. The normalized spacial score (nSPS) is 21.2. The Hall–Kier alpha value is -6.67. The Morgan fingerprint density at radius 1 is 0.969 bits per heavy atom. The average Bonchev–Trinajstić information content (AvgIpc) is 3.73. The van der Waals surface area contributed by atoms with Crippen LogP contribution in [0.3, 0.4) is 0 Å². The Labute approximate surface area is 375 Å². The molecule has 3 saturated heterocycles. The fourth-order valence-electron chi connectivity index (χ4n) is 10.9. The highest BCUT2D eigenvalue weighted by atomic mass is 19.1. The minimum Gasteiger partial charge on any atom is -0.488 e. The maximum atomic E-state index is 15.8. The number of halogens is 2. The number of nitrogens with zero attached hydrogens (tertiary/aromatic N) is 7. The molecular formula is C48H53F2N9O6. The van der Waals surface area contributed by atoms with Gasteiger partial charge in [0.2, 0.25) is 5.91 Å². The summed E-state index contributed by atoms with van der Waals surface area (Å²) in [6, 6.07) is 16.9. The number of nitriles is 1. The van der Waals surface area contributed by atoms with Gasteiger partial charge in [-0.25, -0.2) is 13.6 Å². The molecule has 0 radical (unpaired) electrons. The smallest absolute Gasteiger partial charge is 0.328 e. The number of anilines is 2. The van der Waals surface area contributed by atoms with E-state index in [4.69, 9.17) is 19.7 Å². The van der Waals surface area contributed by atoms with E-state index in [1.165, 1.54) is 0 Å². The van der Waals surface area contributed by atoms with Gasteiger partial charge in [-0.15, -0.1) is 0 Å². The van der Waals surface area contributed by atoms with Crippen LogP contribution >= 0.6 is 0 Å². The van der Waals surface area contributed by atoms with Crippen molar-refractivity contribution in [1.82, 2.24) is 30.3 Å². The summed E-state index contributed by atoms with van der Waals surface area (Å²) in [4.78, 5) is 56.5. The highest BCUT2D eigenvalue weighted by molar-refractivity contribution is 6.09. The summed E-state index contributed by atoms with van der Waals surface area (Å²) < 4.78 is 40.2. The van der Waals surface area contributed by atoms with Gasteiger partial charge in [0.1, 0.15) is 35.2 Å². The molecule has 0 atom stereocenters. The lowest BCUT2D eigenvalue weighted by molar-refractivity contribution is -0.163. The summed E-state index contributed by atoms with van der Waals surface area (Å²) in [5, 5.41) is 28.3. The van der Waals surface area contributed by atoms with Crippen LogP contribution in [-0.2, 0) is 9.59 Å². The van der Waals surface area contributed by atoms with Gasteiger partial charge < -0.3 is 25.0 Å². The van der Waals surface area contributed by atoms with E-state index in [-0.39, 0.29) is 48.2 Å². The number of ether oxygens (including phenoxy) is 1. The van der Waals surface area contributed by atoms with Crippen molar-refractivity contribution in [3.8, 4) is 11.8 Å². The topological polar surface area (TPSA) is 186 Å². The number of pyridine rings is 1. The number of urea groups is 1. The second-order valence-electron chi connectivity index (χ2n) is 18.6. The van der Waals surface area contributed by atoms with Crippen LogP contribution in [0.15, 0.2) is 67.0 Å². The molecule has 340 valence electrons. The maximum Gasteiger partial charge on any atom is 0.328 e. The number of carbonyl (C=O) groups is 4. The minimum atomic E-state index is -0.752. The van der Waals surface area contributed by atoms with Gasteiger partial charge in [0.25, 0.3) is 12.4 Å². The Kier molecular flexibility index (Phi) is 12.5.